The van der Waals surface area contributed by atoms with E-state index in [0.29, 0.717) is 23.2 Å². The van der Waals surface area contributed by atoms with Gasteiger partial charge in [0.25, 0.3) is 0 Å². The monoisotopic (exact) mass is 353 g/mol. The van der Waals surface area contributed by atoms with Gasteiger partial charge in [-0.15, -0.1) is 0 Å². The maximum Gasteiger partial charge on any atom is 0.123 e. The van der Waals surface area contributed by atoms with Crippen molar-refractivity contribution in [3.63, 3.8) is 0 Å². The molecule has 4 heteroatoms. The molecule has 2 N–H and O–H groups in total. The van der Waals surface area contributed by atoms with Crippen LogP contribution >= 0.6 is 27.5 Å². The van der Waals surface area contributed by atoms with Crippen molar-refractivity contribution in [3.05, 3.63) is 57.0 Å². The van der Waals surface area contributed by atoms with E-state index in [1.807, 2.05) is 24.3 Å². The van der Waals surface area contributed by atoms with E-state index < -0.39 is 0 Å². The van der Waals surface area contributed by atoms with Gasteiger partial charge >= 0.3 is 0 Å². The van der Waals surface area contributed by atoms with Crippen LogP contribution < -0.4 is 10.5 Å². The molecule has 0 saturated heterocycles. The molecule has 0 fully saturated rings. The minimum atomic E-state index is 0.394. The maximum absolute atomic E-state index is 5.94. The number of anilines is 1. The average Bonchev–Trinajstić information content (AvgIpc) is 2.38. The third-order valence-electron chi connectivity index (χ3n) is 3.08. The molecule has 0 atom stereocenters. The summed E-state index contributed by atoms with van der Waals surface area (Å²) in [6, 6.07) is 11.5. The van der Waals surface area contributed by atoms with E-state index in [0.717, 1.165) is 15.8 Å². The van der Waals surface area contributed by atoms with Crippen LogP contribution in [0.2, 0.25) is 5.02 Å². The number of hydrogen-bond donors (Lipinski definition) is 1. The Kier molecular flexibility index (Phi) is 4.95. The first-order valence-corrected chi connectivity index (χ1v) is 7.60. The van der Waals surface area contributed by atoms with Gasteiger partial charge in [-0.2, -0.15) is 0 Å². The summed E-state index contributed by atoms with van der Waals surface area (Å²) in [6.07, 6.45) is 0. The standard InChI is InChI=1S/C16H17BrClNO/c1-10(2)14-7-12(17)4-6-16(14)20-9-11-3-5-13(18)8-15(11)19/h3-8,10H,9,19H2,1-2H3. The molecule has 2 nitrogen and oxygen atoms in total. The molecule has 0 bridgehead atoms. The lowest BCUT2D eigenvalue weighted by Crippen LogP contribution is -2.02. The summed E-state index contributed by atoms with van der Waals surface area (Å²) >= 11 is 9.38. The molecule has 106 valence electrons. The second kappa shape index (κ2) is 6.51. The normalized spacial score (nSPS) is 10.8. The van der Waals surface area contributed by atoms with Crippen LogP contribution in [0.1, 0.15) is 30.9 Å². The molecule has 2 rings (SSSR count). The predicted octanol–water partition coefficient (Wildman–Crippen LogP) is 5.39. The molecule has 0 aliphatic heterocycles. The molecule has 0 aliphatic rings. The van der Waals surface area contributed by atoms with E-state index in [1.165, 1.54) is 5.56 Å². The fourth-order valence-corrected chi connectivity index (χ4v) is 2.51. The summed E-state index contributed by atoms with van der Waals surface area (Å²) in [4.78, 5) is 0. The lowest BCUT2D eigenvalue weighted by atomic mass is 10.0. The Bertz CT molecular complexity index is 613. The SMILES string of the molecule is CC(C)c1cc(Br)ccc1OCc1ccc(Cl)cc1N. The van der Waals surface area contributed by atoms with Gasteiger partial charge in [-0.25, -0.2) is 0 Å². The third-order valence-corrected chi connectivity index (χ3v) is 3.81. The molecule has 0 spiro atoms. The Balaban J connectivity index is 2.18. The van der Waals surface area contributed by atoms with E-state index in [2.05, 4.69) is 35.8 Å². The van der Waals surface area contributed by atoms with Crippen molar-refractivity contribution in [2.24, 2.45) is 0 Å². The number of benzene rings is 2. The zero-order valence-electron chi connectivity index (χ0n) is 11.5. The molecule has 0 saturated carbocycles. The van der Waals surface area contributed by atoms with Crippen molar-refractivity contribution in [2.45, 2.75) is 26.4 Å². The number of nitrogens with two attached hydrogens (primary N) is 1. The van der Waals surface area contributed by atoms with E-state index in [9.17, 15) is 0 Å². The molecule has 0 aromatic heterocycles. The summed E-state index contributed by atoms with van der Waals surface area (Å²) < 4.78 is 6.97. The number of halogens is 2. The van der Waals surface area contributed by atoms with Crippen LogP contribution in [-0.4, -0.2) is 0 Å². The maximum atomic E-state index is 5.94. The Morgan fingerprint density at radius 3 is 2.60 bits per heavy atom. The summed E-state index contributed by atoms with van der Waals surface area (Å²) in [5.41, 5.74) is 8.70. The highest BCUT2D eigenvalue weighted by Gasteiger charge is 2.09. The van der Waals surface area contributed by atoms with Crippen LogP contribution in [-0.2, 0) is 6.61 Å². The van der Waals surface area contributed by atoms with E-state index in [1.54, 1.807) is 6.07 Å². The largest absolute Gasteiger partial charge is 0.489 e. The smallest absolute Gasteiger partial charge is 0.123 e. The van der Waals surface area contributed by atoms with E-state index in [-0.39, 0.29) is 0 Å². The zero-order valence-corrected chi connectivity index (χ0v) is 13.8. The van der Waals surface area contributed by atoms with Gasteiger partial charge in [-0.1, -0.05) is 47.4 Å². The Labute approximate surface area is 133 Å². The number of hydrogen-bond acceptors (Lipinski definition) is 2. The van der Waals surface area contributed by atoms with Gasteiger partial charge in [0.15, 0.2) is 0 Å². The first-order chi connectivity index (χ1) is 9.47. The van der Waals surface area contributed by atoms with Crippen LogP contribution in [0.4, 0.5) is 5.69 Å². The second-order valence-corrected chi connectivity index (χ2v) is 6.32. The van der Waals surface area contributed by atoms with Crippen molar-refractivity contribution in [3.8, 4) is 5.75 Å². The van der Waals surface area contributed by atoms with Crippen molar-refractivity contribution < 1.29 is 4.74 Å². The number of ether oxygens (including phenoxy) is 1. The van der Waals surface area contributed by atoms with E-state index in [4.69, 9.17) is 22.1 Å². The summed E-state index contributed by atoms with van der Waals surface area (Å²) in [5.74, 6) is 1.28. The summed E-state index contributed by atoms with van der Waals surface area (Å²) in [5, 5.41) is 0.637. The van der Waals surface area contributed by atoms with Crippen LogP contribution in [0.5, 0.6) is 5.75 Å². The quantitative estimate of drug-likeness (QED) is 0.747. The molecule has 20 heavy (non-hydrogen) atoms. The summed E-state index contributed by atoms with van der Waals surface area (Å²) in [6.45, 7) is 4.72. The van der Waals surface area contributed by atoms with Crippen LogP contribution in [0.15, 0.2) is 40.9 Å². The molecule has 0 heterocycles. The van der Waals surface area contributed by atoms with Crippen LogP contribution in [0, 0.1) is 0 Å². The number of nitrogen functional groups attached to an aromatic ring is 1. The van der Waals surface area contributed by atoms with Gasteiger partial charge in [-0.3, -0.25) is 0 Å². The molecule has 0 unspecified atom stereocenters. The highest BCUT2D eigenvalue weighted by molar-refractivity contribution is 9.10. The molecular formula is C16H17BrClNO. The topological polar surface area (TPSA) is 35.2 Å². The van der Waals surface area contributed by atoms with Crippen LogP contribution in [0.25, 0.3) is 0 Å². The second-order valence-electron chi connectivity index (χ2n) is 4.97. The van der Waals surface area contributed by atoms with Gasteiger partial charge in [0, 0.05) is 20.7 Å². The van der Waals surface area contributed by atoms with Crippen molar-refractivity contribution in [1.29, 1.82) is 0 Å². The highest BCUT2D eigenvalue weighted by atomic mass is 79.9. The molecule has 0 aliphatic carbocycles. The van der Waals surface area contributed by atoms with Crippen molar-refractivity contribution >= 4 is 33.2 Å². The minimum absolute atomic E-state index is 0.394. The zero-order chi connectivity index (χ0) is 14.7. The van der Waals surface area contributed by atoms with Gasteiger partial charge in [-0.05, 0) is 41.8 Å². The van der Waals surface area contributed by atoms with Gasteiger partial charge < -0.3 is 10.5 Å². The predicted molar refractivity (Wildman–Crippen MR) is 88.4 cm³/mol. The first-order valence-electron chi connectivity index (χ1n) is 6.43. The molecule has 0 radical (unpaired) electrons. The molecule has 2 aromatic carbocycles. The molecule has 0 amide bonds. The van der Waals surface area contributed by atoms with E-state index >= 15 is 0 Å². The van der Waals surface area contributed by atoms with Crippen LogP contribution in [0.3, 0.4) is 0 Å². The molecule has 2 aromatic rings. The molecular weight excluding hydrogens is 338 g/mol. The van der Waals surface area contributed by atoms with Gasteiger partial charge in [0.1, 0.15) is 12.4 Å². The number of rotatable bonds is 4. The van der Waals surface area contributed by atoms with Gasteiger partial charge in [0.2, 0.25) is 0 Å². The average molecular weight is 355 g/mol. The third kappa shape index (κ3) is 3.68. The van der Waals surface area contributed by atoms with Crippen molar-refractivity contribution in [1.82, 2.24) is 0 Å². The fourth-order valence-electron chi connectivity index (χ4n) is 1.95. The summed E-state index contributed by atoms with van der Waals surface area (Å²) in [7, 11) is 0. The lowest BCUT2D eigenvalue weighted by Gasteiger charge is -2.15. The minimum Gasteiger partial charge on any atom is -0.489 e. The van der Waals surface area contributed by atoms with Gasteiger partial charge in [0.05, 0.1) is 0 Å². The Morgan fingerprint density at radius 1 is 1.20 bits per heavy atom. The first kappa shape index (κ1) is 15.2. The highest BCUT2D eigenvalue weighted by Crippen LogP contribution is 2.30. The fraction of sp³-hybridized carbons (Fsp3) is 0.250. The Morgan fingerprint density at radius 2 is 1.95 bits per heavy atom. The lowest BCUT2D eigenvalue weighted by molar-refractivity contribution is 0.302. The van der Waals surface area contributed by atoms with Crippen molar-refractivity contribution in [2.75, 3.05) is 5.73 Å². The Hall–Kier alpha value is -1.19.